The molecule has 0 aliphatic carbocycles. The molecule has 0 unspecified atom stereocenters. The first kappa shape index (κ1) is 19.5. The van der Waals surface area contributed by atoms with Crippen LogP contribution in [0.5, 0.6) is 11.5 Å². The molecule has 2 heterocycles. The van der Waals surface area contributed by atoms with Crippen LogP contribution in [0.3, 0.4) is 0 Å². The second kappa shape index (κ2) is 8.18. The van der Waals surface area contributed by atoms with E-state index in [4.69, 9.17) is 9.47 Å². The van der Waals surface area contributed by atoms with Crippen LogP contribution in [0.25, 0.3) is 0 Å². The lowest BCUT2D eigenvalue weighted by Gasteiger charge is -2.50. The Hall–Kier alpha value is -1.26. The fourth-order valence-corrected chi connectivity index (χ4v) is 4.73. The van der Waals surface area contributed by atoms with Crippen molar-refractivity contribution < 1.29 is 9.47 Å². The second-order valence-corrected chi connectivity index (χ2v) is 8.80. The van der Waals surface area contributed by atoms with Crippen LogP contribution in [0.2, 0.25) is 0 Å². The van der Waals surface area contributed by atoms with Gasteiger partial charge in [-0.3, -0.25) is 9.80 Å². The molecule has 0 amide bonds. The average Bonchev–Trinajstić information content (AvgIpc) is 2.60. The first-order chi connectivity index (χ1) is 12.4. The third-order valence-corrected chi connectivity index (χ3v) is 5.83. The lowest BCUT2D eigenvalue weighted by atomic mass is 9.87. The summed E-state index contributed by atoms with van der Waals surface area (Å²) in [6.45, 7) is 14.0. The number of benzene rings is 1. The zero-order chi connectivity index (χ0) is 18.8. The van der Waals surface area contributed by atoms with Crippen molar-refractivity contribution in [3.05, 3.63) is 23.3 Å². The molecule has 2 atom stereocenters. The molecule has 4 heteroatoms. The number of ether oxygens (including phenoxy) is 2. The van der Waals surface area contributed by atoms with E-state index in [0.717, 1.165) is 36.9 Å². The Labute approximate surface area is 159 Å². The first-order valence-corrected chi connectivity index (χ1v) is 10.2. The van der Waals surface area contributed by atoms with E-state index in [0.29, 0.717) is 18.0 Å². The minimum Gasteiger partial charge on any atom is -0.493 e. The van der Waals surface area contributed by atoms with Crippen LogP contribution in [0.4, 0.5) is 0 Å². The summed E-state index contributed by atoms with van der Waals surface area (Å²) in [6, 6.07) is 5.57. The average molecular weight is 361 g/mol. The molecule has 1 saturated heterocycles. The highest BCUT2D eigenvalue weighted by Crippen LogP contribution is 2.40. The van der Waals surface area contributed by atoms with E-state index in [1.54, 1.807) is 14.2 Å². The van der Waals surface area contributed by atoms with Crippen molar-refractivity contribution in [2.24, 2.45) is 11.8 Å². The van der Waals surface area contributed by atoms with Gasteiger partial charge in [0.1, 0.15) is 0 Å². The van der Waals surface area contributed by atoms with Gasteiger partial charge >= 0.3 is 0 Å². The van der Waals surface area contributed by atoms with Gasteiger partial charge in [-0.1, -0.05) is 27.7 Å². The Balaban J connectivity index is 1.89. The molecule has 0 bridgehead atoms. The summed E-state index contributed by atoms with van der Waals surface area (Å²) >= 11 is 0. The molecule has 26 heavy (non-hydrogen) atoms. The van der Waals surface area contributed by atoms with Crippen molar-refractivity contribution in [2.75, 3.05) is 40.4 Å². The van der Waals surface area contributed by atoms with Gasteiger partial charge < -0.3 is 9.47 Å². The monoisotopic (exact) mass is 360 g/mol. The Bertz CT molecular complexity index is 614. The van der Waals surface area contributed by atoms with Gasteiger partial charge in [-0.2, -0.15) is 0 Å². The van der Waals surface area contributed by atoms with Crippen LogP contribution in [0.1, 0.15) is 51.3 Å². The van der Waals surface area contributed by atoms with E-state index in [-0.39, 0.29) is 0 Å². The number of hydrogen-bond acceptors (Lipinski definition) is 4. The third kappa shape index (κ3) is 4.01. The van der Waals surface area contributed by atoms with Gasteiger partial charge in [0.2, 0.25) is 0 Å². The molecule has 1 aromatic rings. The predicted octanol–water partition coefficient (Wildman–Crippen LogP) is 3.99. The number of methoxy groups -OCH3 is 2. The van der Waals surface area contributed by atoms with Crippen LogP contribution >= 0.6 is 0 Å². The molecular formula is C22H36N2O2. The Morgan fingerprint density at radius 1 is 1.00 bits per heavy atom. The van der Waals surface area contributed by atoms with Gasteiger partial charge in [0.05, 0.1) is 14.2 Å². The molecule has 2 aliphatic heterocycles. The Kier molecular flexibility index (Phi) is 6.13. The van der Waals surface area contributed by atoms with Crippen LogP contribution in [0.15, 0.2) is 12.1 Å². The molecule has 0 spiro atoms. The fraction of sp³-hybridized carbons (Fsp3) is 0.727. The molecule has 2 aliphatic rings. The number of hydrogen-bond donors (Lipinski definition) is 0. The van der Waals surface area contributed by atoms with Gasteiger partial charge in [-0.05, 0) is 47.9 Å². The lowest BCUT2D eigenvalue weighted by Crippen LogP contribution is -2.57. The van der Waals surface area contributed by atoms with E-state index in [2.05, 4.69) is 49.6 Å². The van der Waals surface area contributed by atoms with Crippen molar-refractivity contribution in [3.63, 3.8) is 0 Å². The molecule has 4 nitrogen and oxygen atoms in total. The minimum atomic E-state index is 0.473. The summed E-state index contributed by atoms with van der Waals surface area (Å²) < 4.78 is 11.1. The van der Waals surface area contributed by atoms with Crippen LogP contribution in [0, 0.1) is 11.8 Å². The zero-order valence-corrected chi connectivity index (χ0v) is 17.4. The summed E-state index contributed by atoms with van der Waals surface area (Å²) in [5.41, 5.74) is 2.86. The van der Waals surface area contributed by atoms with Gasteiger partial charge in [0.15, 0.2) is 11.5 Å². The van der Waals surface area contributed by atoms with E-state index < -0.39 is 0 Å². The molecule has 1 aromatic carbocycles. The quantitative estimate of drug-likeness (QED) is 0.766. The highest BCUT2D eigenvalue weighted by molar-refractivity contribution is 5.49. The number of fused-ring (bicyclic) bond motifs is 3. The number of rotatable bonds is 6. The van der Waals surface area contributed by atoms with Gasteiger partial charge in [0.25, 0.3) is 0 Å². The van der Waals surface area contributed by atoms with Crippen molar-refractivity contribution >= 4 is 0 Å². The van der Waals surface area contributed by atoms with E-state index in [1.165, 1.54) is 30.6 Å². The SMILES string of the molecule is COc1cc2c(cc1OC)[C@H]1CN(CC(C)C)[C@H](CC(C)C)CN1CC2. The van der Waals surface area contributed by atoms with Gasteiger partial charge in [-0.25, -0.2) is 0 Å². The maximum atomic E-state index is 5.59. The number of piperazine rings is 1. The van der Waals surface area contributed by atoms with E-state index in [1.807, 2.05) is 0 Å². The highest BCUT2D eigenvalue weighted by Gasteiger charge is 2.38. The topological polar surface area (TPSA) is 24.9 Å². The van der Waals surface area contributed by atoms with Crippen molar-refractivity contribution in [1.29, 1.82) is 0 Å². The summed E-state index contributed by atoms with van der Waals surface area (Å²) in [5.74, 6) is 3.15. The summed E-state index contributed by atoms with van der Waals surface area (Å²) in [4.78, 5) is 5.45. The smallest absolute Gasteiger partial charge is 0.161 e. The first-order valence-electron chi connectivity index (χ1n) is 10.2. The summed E-state index contributed by atoms with van der Waals surface area (Å²) in [7, 11) is 3.45. The fourth-order valence-electron chi connectivity index (χ4n) is 4.73. The van der Waals surface area contributed by atoms with Crippen LogP contribution < -0.4 is 9.47 Å². The third-order valence-electron chi connectivity index (χ3n) is 5.83. The zero-order valence-electron chi connectivity index (χ0n) is 17.4. The summed E-state index contributed by atoms with van der Waals surface area (Å²) in [5, 5.41) is 0. The molecule has 0 radical (unpaired) electrons. The molecule has 146 valence electrons. The van der Waals surface area contributed by atoms with E-state index in [9.17, 15) is 0 Å². The largest absolute Gasteiger partial charge is 0.493 e. The second-order valence-electron chi connectivity index (χ2n) is 8.80. The normalized spacial score (nSPS) is 23.8. The predicted molar refractivity (Wildman–Crippen MR) is 107 cm³/mol. The van der Waals surface area contributed by atoms with Crippen LogP contribution in [-0.4, -0.2) is 56.2 Å². The van der Waals surface area contributed by atoms with E-state index >= 15 is 0 Å². The highest BCUT2D eigenvalue weighted by atomic mass is 16.5. The molecule has 0 aromatic heterocycles. The Morgan fingerprint density at radius 2 is 1.69 bits per heavy atom. The van der Waals surface area contributed by atoms with Crippen LogP contribution in [-0.2, 0) is 6.42 Å². The minimum absolute atomic E-state index is 0.473. The van der Waals surface area contributed by atoms with Crippen molar-refractivity contribution in [3.8, 4) is 11.5 Å². The van der Waals surface area contributed by atoms with Gasteiger partial charge in [-0.15, -0.1) is 0 Å². The maximum absolute atomic E-state index is 5.59. The maximum Gasteiger partial charge on any atom is 0.161 e. The standard InChI is InChI=1S/C22H36N2O2/c1-15(2)9-18-13-23-8-7-17-10-21(25-5)22(26-6)11-19(17)20(23)14-24(18)12-16(3)4/h10-11,15-16,18,20H,7-9,12-14H2,1-6H3/t18-,20-/m1/s1. The van der Waals surface area contributed by atoms with Crippen molar-refractivity contribution in [2.45, 2.75) is 52.6 Å². The molecular weight excluding hydrogens is 324 g/mol. The summed E-state index contributed by atoms with van der Waals surface area (Å²) in [6.07, 6.45) is 2.39. The lowest BCUT2D eigenvalue weighted by molar-refractivity contribution is 0.00769. The van der Waals surface area contributed by atoms with Gasteiger partial charge in [0, 0.05) is 38.3 Å². The number of nitrogens with zero attached hydrogens (tertiary/aromatic N) is 2. The molecule has 3 rings (SSSR count). The molecule has 0 saturated carbocycles. The molecule has 0 N–H and O–H groups in total. The van der Waals surface area contributed by atoms with Crippen molar-refractivity contribution in [1.82, 2.24) is 9.80 Å². The Morgan fingerprint density at radius 3 is 2.31 bits per heavy atom. The molecule has 1 fully saturated rings.